The van der Waals surface area contributed by atoms with Gasteiger partial charge in [0.05, 0.1) is 5.71 Å². The van der Waals surface area contributed by atoms with E-state index in [1.165, 1.54) is 10.8 Å². The smallest absolute Gasteiger partial charge is 0.151 e. The molecule has 3 heteroatoms. The Morgan fingerprint density at radius 3 is 2.67 bits per heavy atom. The van der Waals surface area contributed by atoms with Crippen molar-refractivity contribution in [3.05, 3.63) is 78.4 Å². The Morgan fingerprint density at radius 1 is 1.00 bits per heavy atom. The van der Waals surface area contributed by atoms with Crippen LogP contribution in [-0.2, 0) is 4.84 Å². The van der Waals surface area contributed by atoms with Crippen molar-refractivity contribution in [1.82, 2.24) is 0 Å². The fraction of sp³-hybridized carbons (Fsp3) is 0.190. The van der Waals surface area contributed by atoms with E-state index in [2.05, 4.69) is 48.5 Å². The molecule has 0 bridgehead atoms. The molecule has 3 rings (SSSR count). The van der Waals surface area contributed by atoms with Crippen molar-refractivity contribution in [3.63, 3.8) is 0 Å². The van der Waals surface area contributed by atoms with Gasteiger partial charge in [0, 0.05) is 0 Å². The molecule has 121 valence electrons. The predicted molar refractivity (Wildman–Crippen MR) is 97.5 cm³/mol. The SMILES string of the molecule is CCC(=NOCCOc1c[c]ccc1)c1ccc2ccccc2c1. The Morgan fingerprint density at radius 2 is 1.88 bits per heavy atom. The first-order valence-electron chi connectivity index (χ1n) is 8.14. The zero-order valence-electron chi connectivity index (χ0n) is 13.7. The van der Waals surface area contributed by atoms with Gasteiger partial charge >= 0.3 is 0 Å². The fourth-order valence-electron chi connectivity index (χ4n) is 2.48. The highest BCUT2D eigenvalue weighted by Gasteiger charge is 2.03. The Bertz CT molecular complexity index is 812. The largest absolute Gasteiger partial charge is 0.490 e. The second-order valence-corrected chi connectivity index (χ2v) is 5.37. The summed E-state index contributed by atoms with van der Waals surface area (Å²) in [5.41, 5.74) is 2.03. The van der Waals surface area contributed by atoms with Crippen LogP contribution in [0.4, 0.5) is 0 Å². The maximum Gasteiger partial charge on any atom is 0.151 e. The topological polar surface area (TPSA) is 30.8 Å². The number of rotatable bonds is 7. The third-order valence-electron chi connectivity index (χ3n) is 3.71. The number of hydrogen-bond donors (Lipinski definition) is 0. The Labute approximate surface area is 142 Å². The van der Waals surface area contributed by atoms with Gasteiger partial charge in [0.2, 0.25) is 0 Å². The fourth-order valence-corrected chi connectivity index (χ4v) is 2.48. The molecule has 0 fully saturated rings. The molecule has 0 aromatic heterocycles. The molecule has 0 heterocycles. The van der Waals surface area contributed by atoms with E-state index in [9.17, 15) is 0 Å². The van der Waals surface area contributed by atoms with Crippen molar-refractivity contribution in [2.75, 3.05) is 13.2 Å². The van der Waals surface area contributed by atoms with Crippen molar-refractivity contribution in [1.29, 1.82) is 0 Å². The first-order valence-corrected chi connectivity index (χ1v) is 8.14. The van der Waals surface area contributed by atoms with Gasteiger partial charge in [-0.15, -0.1) is 0 Å². The van der Waals surface area contributed by atoms with Gasteiger partial charge in [-0.2, -0.15) is 0 Å². The lowest BCUT2D eigenvalue weighted by Gasteiger charge is -2.07. The van der Waals surface area contributed by atoms with E-state index in [0.717, 1.165) is 23.4 Å². The second kappa shape index (κ2) is 8.16. The summed E-state index contributed by atoms with van der Waals surface area (Å²) in [5.74, 6) is 0.787. The molecule has 3 aromatic carbocycles. The van der Waals surface area contributed by atoms with Crippen LogP contribution < -0.4 is 4.74 Å². The molecule has 0 aliphatic carbocycles. The average molecular weight is 318 g/mol. The van der Waals surface area contributed by atoms with Gasteiger partial charge in [0.15, 0.2) is 6.61 Å². The molecule has 0 amide bonds. The summed E-state index contributed by atoms with van der Waals surface area (Å²) in [5, 5.41) is 6.71. The van der Waals surface area contributed by atoms with Crippen molar-refractivity contribution in [2.45, 2.75) is 13.3 Å². The molecule has 24 heavy (non-hydrogen) atoms. The van der Waals surface area contributed by atoms with Crippen molar-refractivity contribution in [3.8, 4) is 5.75 Å². The maximum atomic E-state index is 5.56. The van der Waals surface area contributed by atoms with Gasteiger partial charge in [0.25, 0.3) is 0 Å². The second-order valence-electron chi connectivity index (χ2n) is 5.37. The van der Waals surface area contributed by atoms with Crippen LogP contribution in [-0.4, -0.2) is 18.9 Å². The molecule has 0 N–H and O–H groups in total. The summed E-state index contributed by atoms with van der Waals surface area (Å²) < 4.78 is 5.56. The molecule has 0 saturated carbocycles. The van der Waals surface area contributed by atoms with Gasteiger partial charge in [-0.3, -0.25) is 0 Å². The molecule has 0 aliphatic heterocycles. The van der Waals surface area contributed by atoms with E-state index in [4.69, 9.17) is 9.57 Å². The van der Waals surface area contributed by atoms with E-state index in [0.29, 0.717) is 13.2 Å². The van der Waals surface area contributed by atoms with Crippen LogP contribution >= 0.6 is 0 Å². The zero-order valence-corrected chi connectivity index (χ0v) is 13.7. The predicted octanol–water partition coefficient (Wildman–Crippen LogP) is 4.85. The highest BCUT2D eigenvalue weighted by atomic mass is 16.6. The average Bonchev–Trinajstić information content (AvgIpc) is 2.65. The van der Waals surface area contributed by atoms with Crippen molar-refractivity contribution >= 4 is 16.5 Å². The Kier molecular flexibility index (Phi) is 5.46. The summed E-state index contributed by atoms with van der Waals surface area (Å²) in [6, 6.07) is 25.1. The minimum atomic E-state index is 0.409. The van der Waals surface area contributed by atoms with Crippen molar-refractivity contribution < 1.29 is 9.57 Å². The Hall–Kier alpha value is -2.81. The van der Waals surface area contributed by atoms with Gasteiger partial charge in [-0.1, -0.05) is 60.6 Å². The summed E-state index contributed by atoms with van der Waals surface area (Å²) in [7, 11) is 0. The van der Waals surface area contributed by atoms with E-state index >= 15 is 0 Å². The molecule has 3 aromatic rings. The van der Waals surface area contributed by atoms with Crippen LogP contribution in [0, 0.1) is 6.07 Å². The van der Waals surface area contributed by atoms with Gasteiger partial charge in [-0.05, 0) is 47.0 Å². The third kappa shape index (κ3) is 4.13. The van der Waals surface area contributed by atoms with Crippen molar-refractivity contribution in [2.24, 2.45) is 5.16 Å². The zero-order chi connectivity index (χ0) is 16.6. The molecule has 0 spiro atoms. The Balaban J connectivity index is 1.59. The highest BCUT2D eigenvalue weighted by Crippen LogP contribution is 2.17. The summed E-state index contributed by atoms with van der Waals surface area (Å²) >= 11 is 0. The van der Waals surface area contributed by atoms with Crippen LogP contribution in [0.15, 0.2) is 71.9 Å². The lowest BCUT2D eigenvalue weighted by atomic mass is 10.0. The third-order valence-corrected chi connectivity index (χ3v) is 3.71. The maximum absolute atomic E-state index is 5.56. The summed E-state index contributed by atoms with van der Waals surface area (Å²) in [6.07, 6.45) is 0.812. The normalized spacial score (nSPS) is 11.5. The van der Waals surface area contributed by atoms with Crippen LogP contribution in [0.2, 0.25) is 0 Å². The van der Waals surface area contributed by atoms with Crippen LogP contribution in [0.1, 0.15) is 18.9 Å². The van der Waals surface area contributed by atoms with Gasteiger partial charge in [0.1, 0.15) is 12.4 Å². The van der Waals surface area contributed by atoms with E-state index < -0.39 is 0 Å². The van der Waals surface area contributed by atoms with Gasteiger partial charge in [-0.25, -0.2) is 0 Å². The summed E-state index contributed by atoms with van der Waals surface area (Å²) in [6.45, 7) is 2.94. The standard InChI is InChI=1S/C21H20NO2/c1-2-21(19-13-12-17-8-6-7-9-18(17)16-19)22-24-15-14-23-20-10-4-3-5-11-20/h3-4,6-13,16H,2,14-15H2,1H3. The number of oxime groups is 1. The van der Waals surface area contributed by atoms with E-state index in [-0.39, 0.29) is 0 Å². The lowest BCUT2D eigenvalue weighted by Crippen LogP contribution is -2.06. The monoisotopic (exact) mass is 318 g/mol. The first-order chi connectivity index (χ1) is 11.9. The number of benzene rings is 3. The summed E-state index contributed by atoms with van der Waals surface area (Å²) in [4.78, 5) is 5.43. The molecule has 0 saturated heterocycles. The van der Waals surface area contributed by atoms with Crippen LogP contribution in [0.25, 0.3) is 10.8 Å². The number of nitrogens with zero attached hydrogens (tertiary/aromatic N) is 1. The molecular weight excluding hydrogens is 298 g/mol. The molecule has 0 unspecified atom stereocenters. The van der Waals surface area contributed by atoms with Crippen LogP contribution in [0.5, 0.6) is 5.75 Å². The molecule has 1 radical (unpaired) electrons. The number of hydrogen-bond acceptors (Lipinski definition) is 3. The molecule has 3 nitrogen and oxygen atoms in total. The van der Waals surface area contributed by atoms with E-state index in [1.807, 2.05) is 30.3 Å². The van der Waals surface area contributed by atoms with Crippen LogP contribution in [0.3, 0.4) is 0 Å². The number of ether oxygens (including phenoxy) is 1. The molecule has 0 aliphatic rings. The minimum absolute atomic E-state index is 0.409. The lowest BCUT2D eigenvalue weighted by molar-refractivity contribution is 0.107. The quantitative estimate of drug-likeness (QED) is 0.354. The molecule has 0 atom stereocenters. The van der Waals surface area contributed by atoms with E-state index in [1.54, 1.807) is 6.07 Å². The highest BCUT2D eigenvalue weighted by molar-refractivity contribution is 6.03. The minimum Gasteiger partial charge on any atom is -0.490 e. The first kappa shape index (κ1) is 16.1. The van der Waals surface area contributed by atoms with Gasteiger partial charge < -0.3 is 9.57 Å². The molecular formula is C21H20NO2. The number of fused-ring (bicyclic) bond motifs is 1.